The second-order valence-corrected chi connectivity index (χ2v) is 5.72. The van der Waals surface area contributed by atoms with Crippen molar-refractivity contribution in [1.82, 2.24) is 20.2 Å². The zero-order chi connectivity index (χ0) is 14.7. The Kier molecular flexibility index (Phi) is 4.23. The fourth-order valence-corrected chi connectivity index (χ4v) is 2.35. The van der Waals surface area contributed by atoms with E-state index < -0.39 is 0 Å². The van der Waals surface area contributed by atoms with Crippen LogP contribution in [0.1, 0.15) is 12.5 Å². The average Bonchev–Trinajstić information content (AvgIpc) is 2.78. The summed E-state index contributed by atoms with van der Waals surface area (Å²) in [5.74, 6) is -0.106. The first-order valence-corrected chi connectivity index (χ1v) is 6.91. The van der Waals surface area contributed by atoms with Gasteiger partial charge in [-0.15, -0.1) is 5.10 Å². The molecule has 7 nitrogen and oxygen atoms in total. The number of benzene rings is 1. The molecule has 1 atom stereocenters. The minimum atomic E-state index is -0.309. The molecular formula is C12H16N6OS. The molecule has 0 aliphatic carbocycles. The standard InChI is InChI=1S/C12H16N6OS/c1-7-6-9(13)4-5-10(7)14-11(19)8(2)20-12-15-16-17-18(12)3/h4-6,8H,13H2,1-3H3,(H,14,19). The first-order valence-electron chi connectivity index (χ1n) is 6.03. The predicted octanol–water partition coefficient (Wildman–Crippen LogP) is 1.22. The van der Waals surface area contributed by atoms with Crippen LogP contribution in [-0.4, -0.2) is 31.4 Å². The summed E-state index contributed by atoms with van der Waals surface area (Å²) in [5, 5.41) is 14.3. The number of nitrogens with zero attached hydrogens (tertiary/aromatic N) is 4. The fraction of sp³-hybridized carbons (Fsp3) is 0.333. The van der Waals surface area contributed by atoms with Crippen LogP contribution < -0.4 is 11.1 Å². The van der Waals surface area contributed by atoms with Crippen LogP contribution in [0.2, 0.25) is 0 Å². The molecule has 106 valence electrons. The van der Waals surface area contributed by atoms with E-state index in [-0.39, 0.29) is 11.2 Å². The van der Waals surface area contributed by atoms with Crippen LogP contribution in [-0.2, 0) is 11.8 Å². The van der Waals surface area contributed by atoms with Crippen molar-refractivity contribution in [3.05, 3.63) is 23.8 Å². The lowest BCUT2D eigenvalue weighted by Gasteiger charge is -2.13. The molecule has 0 saturated heterocycles. The maximum Gasteiger partial charge on any atom is 0.237 e. The summed E-state index contributed by atoms with van der Waals surface area (Å²) >= 11 is 1.30. The molecule has 1 aromatic heterocycles. The van der Waals surface area contributed by atoms with Crippen LogP contribution in [0.15, 0.2) is 23.4 Å². The van der Waals surface area contributed by atoms with E-state index in [0.717, 1.165) is 11.3 Å². The molecule has 3 N–H and O–H groups in total. The second-order valence-electron chi connectivity index (χ2n) is 4.41. The van der Waals surface area contributed by atoms with Gasteiger partial charge in [-0.3, -0.25) is 4.79 Å². The summed E-state index contributed by atoms with van der Waals surface area (Å²) in [6.45, 7) is 3.71. The van der Waals surface area contributed by atoms with Crippen molar-refractivity contribution in [2.75, 3.05) is 11.1 Å². The monoisotopic (exact) mass is 292 g/mol. The van der Waals surface area contributed by atoms with E-state index in [9.17, 15) is 4.79 Å². The van der Waals surface area contributed by atoms with Gasteiger partial charge in [0.2, 0.25) is 11.1 Å². The molecule has 1 heterocycles. The minimum absolute atomic E-state index is 0.106. The molecule has 0 radical (unpaired) electrons. The summed E-state index contributed by atoms with van der Waals surface area (Å²) in [7, 11) is 1.73. The van der Waals surface area contributed by atoms with E-state index >= 15 is 0 Å². The molecule has 1 unspecified atom stereocenters. The maximum absolute atomic E-state index is 12.1. The Morgan fingerprint density at radius 3 is 2.85 bits per heavy atom. The van der Waals surface area contributed by atoms with Gasteiger partial charge in [0.15, 0.2) is 0 Å². The van der Waals surface area contributed by atoms with E-state index in [1.807, 2.05) is 13.0 Å². The summed E-state index contributed by atoms with van der Waals surface area (Å²) in [5.41, 5.74) is 8.04. The van der Waals surface area contributed by atoms with E-state index in [1.165, 1.54) is 16.4 Å². The molecule has 20 heavy (non-hydrogen) atoms. The minimum Gasteiger partial charge on any atom is -0.399 e. The number of aromatic nitrogens is 4. The van der Waals surface area contributed by atoms with E-state index in [1.54, 1.807) is 26.1 Å². The van der Waals surface area contributed by atoms with Crippen LogP contribution in [0, 0.1) is 6.92 Å². The highest BCUT2D eigenvalue weighted by Crippen LogP contribution is 2.22. The molecular weight excluding hydrogens is 276 g/mol. The number of aryl methyl sites for hydroxylation is 2. The molecule has 0 saturated carbocycles. The highest BCUT2D eigenvalue weighted by molar-refractivity contribution is 8.00. The summed E-state index contributed by atoms with van der Waals surface area (Å²) < 4.78 is 1.53. The third kappa shape index (κ3) is 3.27. The molecule has 1 aromatic carbocycles. The second kappa shape index (κ2) is 5.91. The third-order valence-corrected chi connectivity index (χ3v) is 3.87. The molecule has 0 bridgehead atoms. The van der Waals surface area contributed by atoms with Crippen molar-refractivity contribution in [3.63, 3.8) is 0 Å². The lowest BCUT2D eigenvalue weighted by molar-refractivity contribution is -0.115. The van der Waals surface area contributed by atoms with Gasteiger partial charge in [0.05, 0.1) is 5.25 Å². The maximum atomic E-state index is 12.1. The highest BCUT2D eigenvalue weighted by atomic mass is 32.2. The molecule has 1 amide bonds. The number of carbonyl (C=O) groups is 1. The number of anilines is 2. The van der Waals surface area contributed by atoms with Gasteiger partial charge in [-0.2, -0.15) is 0 Å². The van der Waals surface area contributed by atoms with Crippen molar-refractivity contribution in [2.45, 2.75) is 24.3 Å². The lowest BCUT2D eigenvalue weighted by Crippen LogP contribution is -2.23. The number of carbonyl (C=O) groups excluding carboxylic acids is 1. The predicted molar refractivity (Wildman–Crippen MR) is 78.3 cm³/mol. The molecule has 2 rings (SSSR count). The molecule has 0 spiro atoms. The summed E-state index contributed by atoms with van der Waals surface area (Å²) in [6, 6.07) is 5.37. The van der Waals surface area contributed by atoms with Gasteiger partial charge in [0.1, 0.15) is 0 Å². The Labute approximate surface area is 120 Å². The fourth-order valence-electron chi connectivity index (χ4n) is 1.59. The van der Waals surface area contributed by atoms with E-state index in [4.69, 9.17) is 5.73 Å². The highest BCUT2D eigenvalue weighted by Gasteiger charge is 2.18. The van der Waals surface area contributed by atoms with Crippen LogP contribution in [0.5, 0.6) is 0 Å². The zero-order valence-corrected chi connectivity index (χ0v) is 12.3. The number of rotatable bonds is 4. The Balaban J connectivity index is 2.02. The van der Waals surface area contributed by atoms with Gasteiger partial charge >= 0.3 is 0 Å². The lowest BCUT2D eigenvalue weighted by atomic mass is 10.2. The summed E-state index contributed by atoms with van der Waals surface area (Å²) in [6.07, 6.45) is 0. The topological polar surface area (TPSA) is 98.7 Å². The van der Waals surface area contributed by atoms with Crippen LogP contribution >= 0.6 is 11.8 Å². The van der Waals surface area contributed by atoms with Crippen LogP contribution in [0.25, 0.3) is 0 Å². The average molecular weight is 292 g/mol. The normalized spacial score (nSPS) is 12.2. The molecule has 2 aromatic rings. The van der Waals surface area contributed by atoms with Gasteiger partial charge in [-0.25, -0.2) is 4.68 Å². The zero-order valence-electron chi connectivity index (χ0n) is 11.5. The Bertz CT molecular complexity index is 626. The van der Waals surface area contributed by atoms with Crippen molar-refractivity contribution >= 4 is 29.0 Å². The first kappa shape index (κ1) is 14.3. The quantitative estimate of drug-likeness (QED) is 0.649. The van der Waals surface area contributed by atoms with Gasteiger partial charge in [-0.1, -0.05) is 11.8 Å². The number of nitrogen functional groups attached to an aromatic ring is 1. The molecule has 0 fully saturated rings. The van der Waals surface area contributed by atoms with Crippen molar-refractivity contribution in [1.29, 1.82) is 0 Å². The SMILES string of the molecule is Cc1cc(N)ccc1NC(=O)C(C)Sc1nnnn1C. The number of thioether (sulfide) groups is 1. The number of nitrogens with one attached hydrogen (secondary N) is 1. The molecule has 0 aliphatic rings. The summed E-state index contributed by atoms with van der Waals surface area (Å²) in [4.78, 5) is 12.1. The smallest absolute Gasteiger partial charge is 0.237 e. The van der Waals surface area contributed by atoms with Gasteiger partial charge < -0.3 is 11.1 Å². The number of nitrogens with two attached hydrogens (primary N) is 1. The van der Waals surface area contributed by atoms with Gasteiger partial charge in [0, 0.05) is 18.4 Å². The van der Waals surface area contributed by atoms with Crippen molar-refractivity contribution in [2.24, 2.45) is 7.05 Å². The number of tetrazole rings is 1. The van der Waals surface area contributed by atoms with Crippen LogP contribution in [0.3, 0.4) is 0 Å². The van der Waals surface area contributed by atoms with Crippen molar-refractivity contribution in [3.8, 4) is 0 Å². The Morgan fingerprint density at radius 2 is 2.25 bits per heavy atom. The van der Waals surface area contributed by atoms with E-state index in [2.05, 4.69) is 20.8 Å². The first-order chi connectivity index (χ1) is 9.47. The number of hydrogen-bond acceptors (Lipinski definition) is 6. The Hall–Kier alpha value is -2.09. The van der Waals surface area contributed by atoms with Crippen molar-refractivity contribution < 1.29 is 4.79 Å². The van der Waals surface area contributed by atoms with Gasteiger partial charge in [0.25, 0.3) is 0 Å². The number of hydrogen-bond donors (Lipinski definition) is 2. The van der Waals surface area contributed by atoms with Crippen LogP contribution in [0.4, 0.5) is 11.4 Å². The van der Waals surface area contributed by atoms with Gasteiger partial charge in [-0.05, 0) is 48.0 Å². The van der Waals surface area contributed by atoms with E-state index in [0.29, 0.717) is 10.8 Å². The largest absolute Gasteiger partial charge is 0.399 e. The molecule has 0 aliphatic heterocycles. The third-order valence-electron chi connectivity index (χ3n) is 2.74. The Morgan fingerprint density at radius 1 is 1.50 bits per heavy atom. The number of amides is 1. The molecule has 8 heteroatoms.